The highest BCUT2D eigenvalue weighted by Crippen LogP contribution is 2.48. The molecule has 0 heterocycles. The fraction of sp³-hybridized carbons (Fsp3) is 0.500. The molecule has 1 saturated carbocycles. The Labute approximate surface area is 88.3 Å². The molecule has 0 aromatic heterocycles. The zero-order valence-electron chi connectivity index (χ0n) is 8.82. The summed E-state index contributed by atoms with van der Waals surface area (Å²) in [4.78, 5) is 0. The first-order chi connectivity index (χ1) is 7.13. The normalized spacial score (nSPS) is 17.9. The summed E-state index contributed by atoms with van der Waals surface area (Å²) in [6.07, 6.45) is 2.45. The van der Waals surface area contributed by atoms with Crippen LogP contribution in [0, 0.1) is 11.6 Å². The highest BCUT2D eigenvalue weighted by molar-refractivity contribution is 5.37. The van der Waals surface area contributed by atoms with Gasteiger partial charge in [0.1, 0.15) is 0 Å². The Morgan fingerprint density at radius 2 is 2.00 bits per heavy atom. The van der Waals surface area contributed by atoms with Gasteiger partial charge in [-0.3, -0.25) is 0 Å². The number of hydrogen-bond donors (Lipinski definition) is 1. The van der Waals surface area contributed by atoms with Crippen LogP contribution in [-0.4, -0.2) is 6.54 Å². The van der Waals surface area contributed by atoms with Crippen molar-refractivity contribution in [1.82, 2.24) is 0 Å². The molecule has 2 rings (SSSR count). The molecule has 0 spiro atoms. The van der Waals surface area contributed by atoms with E-state index in [2.05, 4.69) is 0 Å². The first-order valence-electron chi connectivity index (χ1n) is 5.31. The van der Waals surface area contributed by atoms with Crippen LogP contribution in [0.5, 0.6) is 0 Å². The number of rotatable bonds is 3. The van der Waals surface area contributed by atoms with E-state index in [1.807, 2.05) is 6.92 Å². The summed E-state index contributed by atoms with van der Waals surface area (Å²) in [5.41, 5.74) is 6.65. The summed E-state index contributed by atoms with van der Waals surface area (Å²) in [5, 5.41) is 0. The molecule has 1 fully saturated rings. The average Bonchev–Trinajstić information content (AvgIpc) is 3.02. The van der Waals surface area contributed by atoms with Gasteiger partial charge in [0, 0.05) is 12.0 Å². The van der Waals surface area contributed by atoms with Gasteiger partial charge in [0.25, 0.3) is 0 Å². The molecule has 1 nitrogen and oxygen atoms in total. The Hall–Kier alpha value is -0.960. The molecule has 0 aliphatic heterocycles. The minimum atomic E-state index is -0.746. The van der Waals surface area contributed by atoms with E-state index in [0.717, 1.165) is 18.4 Å². The van der Waals surface area contributed by atoms with Crippen molar-refractivity contribution in [1.29, 1.82) is 0 Å². The molecule has 0 atom stereocenters. The summed E-state index contributed by atoms with van der Waals surface area (Å²) in [5.74, 6) is -1.46. The van der Waals surface area contributed by atoms with Crippen molar-refractivity contribution in [2.75, 3.05) is 6.54 Å². The molecule has 3 heteroatoms. The van der Waals surface area contributed by atoms with Crippen LogP contribution in [0.2, 0.25) is 0 Å². The van der Waals surface area contributed by atoms with Gasteiger partial charge >= 0.3 is 0 Å². The Morgan fingerprint density at radius 1 is 1.33 bits per heavy atom. The molecule has 2 N–H and O–H groups in total. The lowest BCUT2D eigenvalue weighted by atomic mass is 9.93. The summed E-state index contributed by atoms with van der Waals surface area (Å²) >= 11 is 0. The maximum atomic E-state index is 13.6. The largest absolute Gasteiger partial charge is 0.330 e. The van der Waals surface area contributed by atoms with E-state index >= 15 is 0 Å². The topological polar surface area (TPSA) is 26.0 Å². The third-order valence-electron chi connectivity index (χ3n) is 3.31. The molecule has 1 aliphatic rings. The van der Waals surface area contributed by atoms with Crippen LogP contribution in [0.3, 0.4) is 0 Å². The quantitative estimate of drug-likeness (QED) is 0.816. The van der Waals surface area contributed by atoms with Crippen LogP contribution in [-0.2, 0) is 11.8 Å². The third kappa shape index (κ3) is 1.65. The first-order valence-corrected chi connectivity index (χ1v) is 5.31. The Bertz CT molecular complexity index is 383. The van der Waals surface area contributed by atoms with E-state index < -0.39 is 11.6 Å². The van der Waals surface area contributed by atoms with Crippen molar-refractivity contribution in [3.8, 4) is 0 Å². The van der Waals surface area contributed by atoms with Crippen LogP contribution < -0.4 is 5.73 Å². The second-order valence-electron chi connectivity index (χ2n) is 4.28. The monoisotopic (exact) mass is 211 g/mol. The molecule has 0 radical (unpaired) electrons. The van der Waals surface area contributed by atoms with Gasteiger partial charge in [-0.15, -0.1) is 0 Å². The van der Waals surface area contributed by atoms with E-state index in [4.69, 9.17) is 5.73 Å². The van der Waals surface area contributed by atoms with E-state index in [1.54, 1.807) is 6.07 Å². The molecular formula is C12H15F2N. The van der Waals surface area contributed by atoms with Gasteiger partial charge < -0.3 is 5.73 Å². The summed E-state index contributed by atoms with van der Waals surface area (Å²) in [6.45, 7) is 2.33. The zero-order chi connectivity index (χ0) is 11.1. The van der Waals surface area contributed by atoms with Crippen LogP contribution in [0.15, 0.2) is 12.1 Å². The standard InChI is InChI=1S/C12H15F2N/c1-2-8-5-9(11(14)10(13)6-8)12(7-15)3-4-12/h5-6H,2-4,7,15H2,1H3. The van der Waals surface area contributed by atoms with Gasteiger partial charge in [0.15, 0.2) is 11.6 Å². The van der Waals surface area contributed by atoms with Crippen molar-refractivity contribution in [3.63, 3.8) is 0 Å². The predicted octanol–water partition coefficient (Wildman–Crippen LogP) is 2.52. The maximum Gasteiger partial charge on any atom is 0.162 e. The summed E-state index contributed by atoms with van der Waals surface area (Å²) in [6, 6.07) is 3.03. The van der Waals surface area contributed by atoms with Crippen molar-refractivity contribution in [3.05, 3.63) is 34.9 Å². The number of nitrogens with two attached hydrogens (primary N) is 1. The smallest absolute Gasteiger partial charge is 0.162 e. The Morgan fingerprint density at radius 3 is 2.47 bits per heavy atom. The number of benzene rings is 1. The molecule has 82 valence electrons. The predicted molar refractivity (Wildman–Crippen MR) is 55.7 cm³/mol. The zero-order valence-corrected chi connectivity index (χ0v) is 8.82. The lowest BCUT2D eigenvalue weighted by Crippen LogP contribution is -2.22. The second-order valence-corrected chi connectivity index (χ2v) is 4.28. The average molecular weight is 211 g/mol. The molecule has 0 amide bonds. The summed E-state index contributed by atoms with van der Waals surface area (Å²) < 4.78 is 26.9. The number of halogens is 2. The Balaban J connectivity index is 2.50. The van der Waals surface area contributed by atoms with Gasteiger partial charge in [0.05, 0.1) is 0 Å². The molecule has 0 unspecified atom stereocenters. The third-order valence-corrected chi connectivity index (χ3v) is 3.31. The van der Waals surface area contributed by atoms with Crippen LogP contribution in [0.25, 0.3) is 0 Å². The van der Waals surface area contributed by atoms with Gasteiger partial charge in [-0.2, -0.15) is 0 Å². The van der Waals surface area contributed by atoms with Gasteiger partial charge in [-0.25, -0.2) is 8.78 Å². The van der Waals surface area contributed by atoms with Crippen LogP contribution in [0.1, 0.15) is 30.9 Å². The van der Waals surface area contributed by atoms with Crippen LogP contribution in [0.4, 0.5) is 8.78 Å². The fourth-order valence-corrected chi connectivity index (χ4v) is 1.97. The van der Waals surface area contributed by atoms with Crippen molar-refractivity contribution >= 4 is 0 Å². The minimum Gasteiger partial charge on any atom is -0.330 e. The van der Waals surface area contributed by atoms with E-state index in [9.17, 15) is 8.78 Å². The first kappa shape index (κ1) is 10.6. The lowest BCUT2D eigenvalue weighted by molar-refractivity contribution is 0.483. The van der Waals surface area contributed by atoms with Crippen molar-refractivity contribution in [2.24, 2.45) is 5.73 Å². The second kappa shape index (κ2) is 3.56. The molecule has 1 aromatic rings. The number of hydrogen-bond acceptors (Lipinski definition) is 1. The highest BCUT2D eigenvalue weighted by Gasteiger charge is 2.45. The number of aryl methyl sites for hydroxylation is 1. The molecular weight excluding hydrogens is 196 g/mol. The SMILES string of the molecule is CCc1cc(F)c(F)c(C2(CN)CC2)c1. The molecule has 15 heavy (non-hydrogen) atoms. The lowest BCUT2D eigenvalue weighted by Gasteiger charge is -2.15. The molecule has 0 saturated heterocycles. The van der Waals surface area contributed by atoms with Crippen molar-refractivity contribution in [2.45, 2.75) is 31.6 Å². The highest BCUT2D eigenvalue weighted by atomic mass is 19.2. The van der Waals surface area contributed by atoms with Crippen LogP contribution >= 0.6 is 0 Å². The minimum absolute atomic E-state index is 0.282. The molecule has 1 aliphatic carbocycles. The fourth-order valence-electron chi connectivity index (χ4n) is 1.97. The molecule has 0 bridgehead atoms. The molecule has 1 aromatic carbocycles. The van der Waals surface area contributed by atoms with Gasteiger partial charge in [0.2, 0.25) is 0 Å². The van der Waals surface area contributed by atoms with Gasteiger partial charge in [-0.05, 0) is 36.5 Å². The van der Waals surface area contributed by atoms with Gasteiger partial charge in [-0.1, -0.05) is 13.0 Å². The van der Waals surface area contributed by atoms with Crippen molar-refractivity contribution < 1.29 is 8.78 Å². The maximum absolute atomic E-state index is 13.6. The van der Waals surface area contributed by atoms with E-state index in [0.29, 0.717) is 18.5 Å². The Kier molecular flexibility index (Phi) is 2.51. The van der Waals surface area contributed by atoms with E-state index in [1.165, 1.54) is 6.07 Å². The summed E-state index contributed by atoms with van der Waals surface area (Å²) in [7, 11) is 0. The van der Waals surface area contributed by atoms with E-state index in [-0.39, 0.29) is 5.41 Å².